The second-order valence-electron chi connectivity index (χ2n) is 3.36. The third-order valence-electron chi connectivity index (χ3n) is 2.20. The van der Waals surface area contributed by atoms with Crippen LogP contribution in [0.15, 0.2) is 12.1 Å². The minimum Gasteiger partial charge on any atom is -0.493 e. The molecular formula is C12H18ClNO2S. The molecule has 0 fully saturated rings. The number of benzene rings is 1. The average molecular weight is 276 g/mol. The number of hydrogen-bond acceptors (Lipinski definition) is 4. The highest BCUT2D eigenvalue weighted by atomic mass is 35.5. The van der Waals surface area contributed by atoms with E-state index in [1.807, 2.05) is 23.9 Å². The van der Waals surface area contributed by atoms with Crippen molar-refractivity contribution < 1.29 is 9.47 Å². The third-order valence-corrected chi connectivity index (χ3v) is 3.35. The summed E-state index contributed by atoms with van der Waals surface area (Å²) in [6, 6.07) is 3.67. The Bertz CT molecular complexity index is 361. The van der Waals surface area contributed by atoms with Crippen LogP contribution in [0, 0.1) is 0 Å². The number of nitrogens with two attached hydrogens (primary N) is 1. The summed E-state index contributed by atoms with van der Waals surface area (Å²) in [7, 11) is 1.60. The van der Waals surface area contributed by atoms with Crippen LogP contribution in [-0.4, -0.2) is 25.2 Å². The molecule has 0 spiro atoms. The largest absolute Gasteiger partial charge is 0.493 e. The Hall–Kier alpha value is -0.580. The van der Waals surface area contributed by atoms with Crippen LogP contribution in [0.4, 0.5) is 0 Å². The van der Waals surface area contributed by atoms with Gasteiger partial charge in [0, 0.05) is 12.3 Å². The molecule has 0 bridgehead atoms. The molecule has 0 saturated heterocycles. The van der Waals surface area contributed by atoms with Gasteiger partial charge in [-0.1, -0.05) is 18.5 Å². The fourth-order valence-electron chi connectivity index (χ4n) is 1.38. The Morgan fingerprint density at radius 3 is 2.76 bits per heavy atom. The van der Waals surface area contributed by atoms with Crippen molar-refractivity contribution in [2.75, 3.05) is 25.2 Å². The van der Waals surface area contributed by atoms with Crippen molar-refractivity contribution in [3.8, 4) is 11.5 Å². The van der Waals surface area contributed by atoms with Crippen molar-refractivity contribution >= 4 is 23.4 Å². The lowest BCUT2D eigenvalue weighted by atomic mass is 10.2. The van der Waals surface area contributed by atoms with Gasteiger partial charge in [-0.05, 0) is 23.4 Å². The Morgan fingerprint density at radius 1 is 1.41 bits per heavy atom. The number of hydrogen-bond donors (Lipinski definition) is 1. The smallest absolute Gasteiger partial charge is 0.179 e. The molecule has 5 heteroatoms. The first-order chi connectivity index (χ1) is 8.22. The molecule has 0 aliphatic carbocycles. The number of rotatable bonds is 7. The van der Waals surface area contributed by atoms with Gasteiger partial charge < -0.3 is 15.2 Å². The van der Waals surface area contributed by atoms with Gasteiger partial charge in [-0.3, -0.25) is 0 Å². The predicted octanol–water partition coefficient (Wildman–Crippen LogP) is 2.94. The summed E-state index contributed by atoms with van der Waals surface area (Å²) in [4.78, 5) is 0. The zero-order chi connectivity index (χ0) is 12.7. The molecule has 0 aromatic heterocycles. The standard InChI is InChI=1S/C12H18ClNO2S/c1-3-17-5-4-16-12-10(13)6-9(8-14)7-11(12)15-2/h6-7H,3-5,8,14H2,1-2H3. The fourth-order valence-corrected chi connectivity index (χ4v) is 2.16. The maximum atomic E-state index is 6.14. The SMILES string of the molecule is CCSCCOc1c(Cl)cc(CN)cc1OC. The Balaban J connectivity index is 2.75. The maximum absolute atomic E-state index is 6.14. The minimum atomic E-state index is 0.433. The number of ether oxygens (including phenoxy) is 2. The lowest BCUT2D eigenvalue weighted by Gasteiger charge is -2.13. The van der Waals surface area contributed by atoms with Crippen LogP contribution in [0.1, 0.15) is 12.5 Å². The van der Waals surface area contributed by atoms with Gasteiger partial charge in [0.1, 0.15) is 0 Å². The Labute approximate surface area is 112 Å². The molecule has 0 aliphatic heterocycles. The maximum Gasteiger partial charge on any atom is 0.179 e. The highest BCUT2D eigenvalue weighted by Crippen LogP contribution is 2.36. The van der Waals surface area contributed by atoms with E-state index in [9.17, 15) is 0 Å². The quantitative estimate of drug-likeness (QED) is 0.777. The highest BCUT2D eigenvalue weighted by molar-refractivity contribution is 7.99. The van der Waals surface area contributed by atoms with Crippen LogP contribution in [0.25, 0.3) is 0 Å². The van der Waals surface area contributed by atoms with E-state index >= 15 is 0 Å². The monoisotopic (exact) mass is 275 g/mol. The zero-order valence-electron chi connectivity index (χ0n) is 10.2. The van der Waals surface area contributed by atoms with Gasteiger partial charge in [0.25, 0.3) is 0 Å². The third kappa shape index (κ3) is 4.30. The molecular weight excluding hydrogens is 258 g/mol. The molecule has 2 N–H and O–H groups in total. The van der Waals surface area contributed by atoms with Gasteiger partial charge in [0.15, 0.2) is 11.5 Å². The van der Waals surface area contributed by atoms with Crippen molar-refractivity contribution in [2.45, 2.75) is 13.5 Å². The number of methoxy groups -OCH3 is 1. The minimum absolute atomic E-state index is 0.433. The molecule has 0 amide bonds. The zero-order valence-corrected chi connectivity index (χ0v) is 11.7. The first kappa shape index (κ1) is 14.5. The molecule has 17 heavy (non-hydrogen) atoms. The van der Waals surface area contributed by atoms with Crippen molar-refractivity contribution in [2.24, 2.45) is 5.73 Å². The van der Waals surface area contributed by atoms with Gasteiger partial charge in [-0.2, -0.15) is 11.8 Å². The summed E-state index contributed by atoms with van der Waals surface area (Å²) >= 11 is 7.96. The number of halogens is 1. The van der Waals surface area contributed by atoms with E-state index in [2.05, 4.69) is 6.92 Å². The van der Waals surface area contributed by atoms with Crippen molar-refractivity contribution in [1.29, 1.82) is 0 Å². The van der Waals surface area contributed by atoms with Gasteiger partial charge in [0.05, 0.1) is 18.7 Å². The average Bonchev–Trinajstić information content (AvgIpc) is 2.35. The predicted molar refractivity (Wildman–Crippen MR) is 74.4 cm³/mol. The van der Waals surface area contributed by atoms with E-state index < -0.39 is 0 Å². The second kappa shape index (κ2) is 7.69. The Kier molecular flexibility index (Phi) is 6.55. The number of thioether (sulfide) groups is 1. The van der Waals surface area contributed by atoms with Gasteiger partial charge in [0.2, 0.25) is 0 Å². The van der Waals surface area contributed by atoms with Crippen LogP contribution in [-0.2, 0) is 6.54 Å². The van der Waals surface area contributed by atoms with Crippen LogP contribution in [0.3, 0.4) is 0 Å². The van der Waals surface area contributed by atoms with E-state index in [1.165, 1.54) is 0 Å². The first-order valence-electron chi connectivity index (χ1n) is 5.50. The topological polar surface area (TPSA) is 44.5 Å². The molecule has 0 radical (unpaired) electrons. The second-order valence-corrected chi connectivity index (χ2v) is 5.16. The highest BCUT2D eigenvalue weighted by Gasteiger charge is 2.11. The van der Waals surface area contributed by atoms with Gasteiger partial charge in [-0.25, -0.2) is 0 Å². The summed E-state index contributed by atoms with van der Waals surface area (Å²) in [6.45, 7) is 3.17. The summed E-state index contributed by atoms with van der Waals surface area (Å²) < 4.78 is 10.9. The molecule has 0 unspecified atom stereocenters. The molecule has 0 atom stereocenters. The first-order valence-corrected chi connectivity index (χ1v) is 7.03. The van der Waals surface area contributed by atoms with Crippen LogP contribution >= 0.6 is 23.4 Å². The summed E-state index contributed by atoms with van der Waals surface area (Å²) in [5, 5.41) is 0.547. The molecule has 1 aromatic rings. The molecule has 0 saturated carbocycles. The lowest BCUT2D eigenvalue weighted by molar-refractivity contribution is 0.313. The van der Waals surface area contributed by atoms with Crippen LogP contribution in [0.2, 0.25) is 5.02 Å². The van der Waals surface area contributed by atoms with E-state index in [-0.39, 0.29) is 0 Å². The Morgan fingerprint density at radius 2 is 2.18 bits per heavy atom. The molecule has 96 valence electrons. The molecule has 0 heterocycles. The van der Waals surface area contributed by atoms with Crippen molar-refractivity contribution in [1.82, 2.24) is 0 Å². The van der Waals surface area contributed by atoms with Crippen LogP contribution < -0.4 is 15.2 Å². The summed E-state index contributed by atoms with van der Waals surface area (Å²) in [5.74, 6) is 3.26. The van der Waals surface area contributed by atoms with Crippen molar-refractivity contribution in [3.63, 3.8) is 0 Å². The van der Waals surface area contributed by atoms with Crippen molar-refractivity contribution in [3.05, 3.63) is 22.7 Å². The molecule has 1 aromatic carbocycles. The van der Waals surface area contributed by atoms with E-state index in [0.29, 0.717) is 29.7 Å². The molecule has 3 nitrogen and oxygen atoms in total. The van der Waals surface area contributed by atoms with E-state index in [1.54, 1.807) is 7.11 Å². The van der Waals surface area contributed by atoms with E-state index in [0.717, 1.165) is 17.1 Å². The lowest BCUT2D eigenvalue weighted by Crippen LogP contribution is -2.04. The van der Waals surface area contributed by atoms with E-state index in [4.69, 9.17) is 26.8 Å². The fraction of sp³-hybridized carbons (Fsp3) is 0.500. The molecule has 1 rings (SSSR count). The van der Waals surface area contributed by atoms with Crippen LogP contribution in [0.5, 0.6) is 11.5 Å². The molecule has 0 aliphatic rings. The normalized spacial score (nSPS) is 10.4. The van der Waals surface area contributed by atoms with Gasteiger partial charge >= 0.3 is 0 Å². The summed E-state index contributed by atoms with van der Waals surface area (Å²) in [5.41, 5.74) is 6.51. The summed E-state index contributed by atoms with van der Waals surface area (Å²) in [6.07, 6.45) is 0. The van der Waals surface area contributed by atoms with Gasteiger partial charge in [-0.15, -0.1) is 0 Å².